The molecule has 0 spiro atoms. The van der Waals surface area contributed by atoms with Crippen LogP contribution in [-0.2, 0) is 6.42 Å². The molecule has 0 fully saturated rings. The maximum atomic E-state index is 13.7. The van der Waals surface area contributed by atoms with Crippen molar-refractivity contribution < 1.29 is 18.6 Å². The second kappa shape index (κ2) is 6.18. The first kappa shape index (κ1) is 15.4. The summed E-state index contributed by atoms with van der Waals surface area (Å²) in [4.78, 5) is 4.23. The molecule has 2 aromatic rings. The topological polar surface area (TPSA) is 42.4 Å². The van der Waals surface area contributed by atoms with Crippen LogP contribution in [0.4, 0.5) is 8.78 Å². The average Bonchev–Trinajstić information content (AvgIpc) is 2.42. The van der Waals surface area contributed by atoms with Gasteiger partial charge in [-0.2, -0.15) is 0 Å². The van der Waals surface area contributed by atoms with Gasteiger partial charge in [-0.1, -0.05) is 6.07 Å². The SMILES string of the molecule is COc1c(C)cnc(CC(O)c2c(F)cccc2F)c1C. The number of aliphatic hydroxyl groups excluding tert-OH is 1. The van der Waals surface area contributed by atoms with Crippen LogP contribution in [0.1, 0.15) is 28.5 Å². The molecule has 0 saturated carbocycles. The van der Waals surface area contributed by atoms with Gasteiger partial charge in [0, 0.05) is 29.4 Å². The van der Waals surface area contributed by atoms with Gasteiger partial charge in [-0.25, -0.2) is 8.78 Å². The Morgan fingerprint density at radius 3 is 2.43 bits per heavy atom. The number of pyridine rings is 1. The van der Waals surface area contributed by atoms with E-state index in [-0.39, 0.29) is 12.0 Å². The van der Waals surface area contributed by atoms with E-state index in [1.54, 1.807) is 20.2 Å². The Hall–Kier alpha value is -2.01. The molecule has 3 nitrogen and oxygen atoms in total. The minimum Gasteiger partial charge on any atom is -0.496 e. The molecule has 0 aliphatic carbocycles. The van der Waals surface area contributed by atoms with Crippen molar-refractivity contribution in [1.82, 2.24) is 4.98 Å². The van der Waals surface area contributed by atoms with E-state index in [9.17, 15) is 13.9 Å². The number of halogens is 2. The first-order chi connectivity index (χ1) is 9.95. The van der Waals surface area contributed by atoms with E-state index in [0.29, 0.717) is 11.4 Å². The second-order valence-corrected chi connectivity index (χ2v) is 4.90. The second-order valence-electron chi connectivity index (χ2n) is 4.90. The zero-order chi connectivity index (χ0) is 15.6. The van der Waals surface area contributed by atoms with Crippen LogP contribution in [-0.4, -0.2) is 17.2 Å². The number of aromatic nitrogens is 1. The number of methoxy groups -OCH3 is 1. The van der Waals surface area contributed by atoms with Gasteiger partial charge in [0.05, 0.1) is 18.8 Å². The third-order valence-corrected chi connectivity index (χ3v) is 3.47. The van der Waals surface area contributed by atoms with Gasteiger partial charge in [0.15, 0.2) is 0 Å². The highest BCUT2D eigenvalue weighted by Crippen LogP contribution is 2.29. The molecular weight excluding hydrogens is 276 g/mol. The normalized spacial score (nSPS) is 12.3. The number of aryl methyl sites for hydroxylation is 1. The van der Waals surface area contributed by atoms with Crippen LogP contribution in [0.15, 0.2) is 24.4 Å². The summed E-state index contributed by atoms with van der Waals surface area (Å²) < 4.78 is 32.6. The van der Waals surface area contributed by atoms with Crippen LogP contribution in [0.25, 0.3) is 0 Å². The van der Waals surface area contributed by atoms with Crippen molar-refractivity contribution in [3.8, 4) is 5.75 Å². The first-order valence-corrected chi connectivity index (χ1v) is 6.56. The standard InChI is InChI=1S/C16H17F2NO2/c1-9-8-19-13(10(2)16(9)21-3)7-14(20)15-11(17)5-4-6-12(15)18/h4-6,8,14,20H,7H2,1-3H3. The maximum Gasteiger partial charge on any atom is 0.131 e. The number of nitrogens with zero attached hydrogens (tertiary/aromatic N) is 1. The minimum atomic E-state index is -1.30. The molecule has 1 aromatic carbocycles. The Labute approximate surface area is 122 Å². The van der Waals surface area contributed by atoms with Crippen LogP contribution < -0.4 is 4.74 Å². The quantitative estimate of drug-likeness (QED) is 0.941. The van der Waals surface area contributed by atoms with Gasteiger partial charge >= 0.3 is 0 Å². The van der Waals surface area contributed by atoms with Gasteiger partial charge in [-0.05, 0) is 26.0 Å². The number of hydrogen-bond acceptors (Lipinski definition) is 3. The molecule has 0 amide bonds. The summed E-state index contributed by atoms with van der Waals surface area (Å²) in [6, 6.07) is 3.51. The molecule has 1 aromatic heterocycles. The molecule has 21 heavy (non-hydrogen) atoms. The van der Waals surface area contributed by atoms with Crippen molar-refractivity contribution in [3.63, 3.8) is 0 Å². The monoisotopic (exact) mass is 293 g/mol. The zero-order valence-corrected chi connectivity index (χ0v) is 12.2. The van der Waals surface area contributed by atoms with E-state index in [2.05, 4.69) is 4.98 Å². The molecule has 1 unspecified atom stereocenters. The van der Waals surface area contributed by atoms with Gasteiger partial charge in [0.2, 0.25) is 0 Å². The van der Waals surface area contributed by atoms with E-state index in [0.717, 1.165) is 23.3 Å². The van der Waals surface area contributed by atoms with Gasteiger partial charge < -0.3 is 9.84 Å². The highest BCUT2D eigenvalue weighted by molar-refractivity contribution is 5.41. The van der Waals surface area contributed by atoms with Gasteiger partial charge in [-0.15, -0.1) is 0 Å². The number of aliphatic hydroxyl groups is 1. The van der Waals surface area contributed by atoms with E-state index in [1.165, 1.54) is 6.07 Å². The summed E-state index contributed by atoms with van der Waals surface area (Å²) in [5.41, 5.74) is 1.84. The lowest BCUT2D eigenvalue weighted by molar-refractivity contribution is 0.167. The van der Waals surface area contributed by atoms with E-state index < -0.39 is 17.7 Å². The van der Waals surface area contributed by atoms with Gasteiger partial charge in [-0.3, -0.25) is 4.98 Å². The molecule has 0 saturated heterocycles. The van der Waals surface area contributed by atoms with Crippen LogP contribution in [0.5, 0.6) is 5.75 Å². The van der Waals surface area contributed by atoms with Crippen molar-refractivity contribution in [2.75, 3.05) is 7.11 Å². The van der Waals surface area contributed by atoms with Crippen molar-refractivity contribution in [3.05, 3.63) is 58.4 Å². The largest absolute Gasteiger partial charge is 0.496 e. The molecule has 0 radical (unpaired) electrons. The van der Waals surface area contributed by atoms with Crippen molar-refractivity contribution in [1.29, 1.82) is 0 Å². The predicted molar refractivity (Wildman–Crippen MR) is 75.3 cm³/mol. The average molecular weight is 293 g/mol. The van der Waals surface area contributed by atoms with Gasteiger partial charge in [0.25, 0.3) is 0 Å². The van der Waals surface area contributed by atoms with Crippen LogP contribution in [0, 0.1) is 25.5 Å². The summed E-state index contributed by atoms with van der Waals surface area (Å²) in [5.74, 6) is -0.861. The number of rotatable bonds is 4. The van der Waals surface area contributed by atoms with Crippen LogP contribution in [0.2, 0.25) is 0 Å². The van der Waals surface area contributed by atoms with E-state index in [4.69, 9.17) is 4.74 Å². The fraction of sp³-hybridized carbons (Fsp3) is 0.312. The smallest absolute Gasteiger partial charge is 0.131 e. The summed E-state index contributed by atoms with van der Waals surface area (Å²) >= 11 is 0. The molecular formula is C16H17F2NO2. The van der Waals surface area contributed by atoms with Gasteiger partial charge in [0.1, 0.15) is 17.4 Å². The molecule has 0 bridgehead atoms. The molecule has 2 rings (SSSR count). The fourth-order valence-electron chi connectivity index (χ4n) is 2.39. The lowest BCUT2D eigenvalue weighted by atomic mass is 10.00. The Kier molecular flexibility index (Phi) is 4.53. The van der Waals surface area contributed by atoms with E-state index >= 15 is 0 Å². The lowest BCUT2D eigenvalue weighted by Crippen LogP contribution is -2.10. The highest BCUT2D eigenvalue weighted by atomic mass is 19.1. The Morgan fingerprint density at radius 2 is 1.86 bits per heavy atom. The third kappa shape index (κ3) is 3.03. The first-order valence-electron chi connectivity index (χ1n) is 6.56. The zero-order valence-electron chi connectivity index (χ0n) is 12.2. The highest BCUT2D eigenvalue weighted by Gasteiger charge is 2.20. The van der Waals surface area contributed by atoms with Crippen molar-refractivity contribution in [2.45, 2.75) is 26.4 Å². The van der Waals surface area contributed by atoms with Crippen LogP contribution in [0.3, 0.4) is 0 Å². The number of benzene rings is 1. The summed E-state index contributed by atoms with van der Waals surface area (Å²) in [6.07, 6.45) is 0.330. The lowest BCUT2D eigenvalue weighted by Gasteiger charge is -2.16. The molecule has 0 aliphatic rings. The molecule has 1 N–H and O–H groups in total. The summed E-state index contributed by atoms with van der Waals surface area (Å²) in [6.45, 7) is 3.66. The fourth-order valence-corrected chi connectivity index (χ4v) is 2.39. The van der Waals surface area contributed by atoms with Crippen LogP contribution >= 0.6 is 0 Å². The molecule has 0 aliphatic heterocycles. The molecule has 1 heterocycles. The Bertz CT molecular complexity index is 639. The number of hydrogen-bond donors (Lipinski definition) is 1. The van der Waals surface area contributed by atoms with Crippen molar-refractivity contribution >= 4 is 0 Å². The summed E-state index contributed by atoms with van der Waals surface area (Å²) in [5, 5.41) is 10.1. The molecule has 5 heteroatoms. The third-order valence-electron chi connectivity index (χ3n) is 3.47. The Balaban J connectivity index is 2.34. The van der Waals surface area contributed by atoms with E-state index in [1.807, 2.05) is 6.92 Å². The minimum absolute atomic E-state index is 0.0142. The summed E-state index contributed by atoms with van der Waals surface area (Å²) in [7, 11) is 1.55. The predicted octanol–water partition coefficient (Wildman–Crippen LogP) is 3.26. The number of ether oxygens (including phenoxy) is 1. The molecule has 1 atom stereocenters. The Morgan fingerprint density at radius 1 is 1.24 bits per heavy atom. The van der Waals surface area contributed by atoms with Crippen molar-refractivity contribution in [2.24, 2.45) is 0 Å². The molecule has 112 valence electrons. The maximum absolute atomic E-state index is 13.7.